The third kappa shape index (κ3) is 2.48. The van der Waals surface area contributed by atoms with E-state index in [9.17, 15) is 9.90 Å². The molecular weight excluding hydrogens is 258 g/mol. The van der Waals surface area contributed by atoms with Crippen molar-refractivity contribution in [2.75, 3.05) is 33.3 Å². The van der Waals surface area contributed by atoms with Gasteiger partial charge < -0.3 is 19.6 Å². The highest BCUT2D eigenvalue weighted by atomic mass is 16.5. The summed E-state index contributed by atoms with van der Waals surface area (Å²) in [5.74, 6) is -0.0663. The molecule has 0 aliphatic carbocycles. The number of likely N-dealkylation sites (tertiary alicyclic amines) is 1. The molecule has 0 spiro atoms. The molecule has 1 aromatic heterocycles. The van der Waals surface area contributed by atoms with Crippen LogP contribution in [0.4, 0.5) is 0 Å². The van der Waals surface area contributed by atoms with Gasteiger partial charge in [0.15, 0.2) is 0 Å². The fourth-order valence-electron chi connectivity index (χ4n) is 2.99. The Hall–Kier alpha value is -1.66. The summed E-state index contributed by atoms with van der Waals surface area (Å²) in [6.07, 6.45) is 3.89. The molecule has 2 saturated heterocycles. The van der Waals surface area contributed by atoms with Crippen molar-refractivity contribution >= 4 is 5.91 Å². The summed E-state index contributed by atoms with van der Waals surface area (Å²) in [6, 6.07) is 1.55. The van der Waals surface area contributed by atoms with Crippen LogP contribution in [0.1, 0.15) is 16.8 Å². The van der Waals surface area contributed by atoms with Crippen molar-refractivity contribution in [1.82, 2.24) is 14.8 Å². The van der Waals surface area contributed by atoms with Crippen LogP contribution >= 0.6 is 0 Å². The number of morpholine rings is 1. The largest absolute Gasteiger partial charge is 0.506 e. The Morgan fingerprint density at radius 1 is 1.45 bits per heavy atom. The van der Waals surface area contributed by atoms with E-state index in [0.29, 0.717) is 18.7 Å². The third-order valence-corrected chi connectivity index (χ3v) is 4.02. The van der Waals surface area contributed by atoms with E-state index in [2.05, 4.69) is 16.9 Å². The highest BCUT2D eigenvalue weighted by Crippen LogP contribution is 2.24. The number of carbonyl (C=O) groups excluding carboxylic acids is 1. The predicted octanol–water partition coefficient (Wildman–Crippen LogP) is 0.332. The summed E-state index contributed by atoms with van der Waals surface area (Å²) >= 11 is 0. The van der Waals surface area contributed by atoms with Crippen LogP contribution in [0.3, 0.4) is 0 Å². The number of nitrogens with zero attached hydrogens (tertiary/aromatic N) is 3. The first-order chi connectivity index (χ1) is 9.65. The Bertz CT molecular complexity index is 508. The van der Waals surface area contributed by atoms with Crippen molar-refractivity contribution in [2.45, 2.75) is 18.6 Å². The number of ether oxygens (including phenoxy) is 1. The lowest BCUT2D eigenvalue weighted by molar-refractivity contribution is -0.0870. The first-order valence-electron chi connectivity index (χ1n) is 6.90. The van der Waals surface area contributed by atoms with Gasteiger partial charge in [-0.2, -0.15) is 0 Å². The lowest BCUT2D eigenvalue weighted by atomic mass is 9.98. The number of hydrogen-bond acceptors (Lipinski definition) is 5. The molecule has 0 bridgehead atoms. The number of piperidine rings is 1. The molecule has 1 N–H and O–H groups in total. The van der Waals surface area contributed by atoms with E-state index in [1.54, 1.807) is 0 Å². The van der Waals surface area contributed by atoms with Crippen LogP contribution in [-0.2, 0) is 4.74 Å². The third-order valence-electron chi connectivity index (χ3n) is 4.02. The molecule has 20 heavy (non-hydrogen) atoms. The Balaban J connectivity index is 1.82. The number of amides is 1. The number of hydrogen-bond donors (Lipinski definition) is 1. The number of carbonyl (C=O) groups is 1. The number of fused-ring (bicyclic) bond motifs is 1. The Labute approximate surface area is 118 Å². The second-order valence-electron chi connectivity index (χ2n) is 5.46. The first kappa shape index (κ1) is 13.3. The molecular formula is C14H19N3O3. The maximum atomic E-state index is 12.6. The van der Waals surface area contributed by atoms with E-state index in [0.717, 1.165) is 19.5 Å². The molecule has 0 unspecified atom stereocenters. The van der Waals surface area contributed by atoms with Crippen LogP contribution in [0.15, 0.2) is 18.5 Å². The molecule has 0 aromatic carbocycles. The van der Waals surface area contributed by atoms with E-state index in [-0.39, 0.29) is 23.8 Å². The molecule has 0 radical (unpaired) electrons. The predicted molar refractivity (Wildman–Crippen MR) is 72.6 cm³/mol. The summed E-state index contributed by atoms with van der Waals surface area (Å²) < 4.78 is 5.78. The second kappa shape index (κ2) is 5.38. The zero-order valence-corrected chi connectivity index (χ0v) is 11.5. The molecule has 1 aromatic rings. The Morgan fingerprint density at radius 2 is 2.30 bits per heavy atom. The van der Waals surface area contributed by atoms with E-state index in [4.69, 9.17) is 4.74 Å². The monoisotopic (exact) mass is 277 g/mol. The van der Waals surface area contributed by atoms with E-state index >= 15 is 0 Å². The molecule has 6 heteroatoms. The van der Waals surface area contributed by atoms with Gasteiger partial charge in [-0.15, -0.1) is 0 Å². The molecule has 1 amide bonds. The minimum Gasteiger partial charge on any atom is -0.506 e. The Morgan fingerprint density at radius 3 is 3.10 bits per heavy atom. The molecule has 6 nitrogen and oxygen atoms in total. The van der Waals surface area contributed by atoms with E-state index in [1.807, 2.05) is 4.90 Å². The van der Waals surface area contributed by atoms with Gasteiger partial charge >= 0.3 is 0 Å². The van der Waals surface area contributed by atoms with Gasteiger partial charge in [0.05, 0.1) is 30.5 Å². The van der Waals surface area contributed by atoms with Crippen molar-refractivity contribution in [3.05, 3.63) is 24.0 Å². The summed E-state index contributed by atoms with van der Waals surface area (Å²) in [5, 5.41) is 9.47. The molecule has 0 saturated carbocycles. The molecule has 108 valence electrons. The number of likely N-dealkylation sites (N-methyl/N-ethyl adjacent to an activating group) is 1. The van der Waals surface area contributed by atoms with Crippen LogP contribution in [0.5, 0.6) is 5.75 Å². The normalized spacial score (nSPS) is 27.1. The van der Waals surface area contributed by atoms with Gasteiger partial charge in [-0.3, -0.25) is 9.78 Å². The second-order valence-corrected chi connectivity index (χ2v) is 5.46. The lowest BCUT2D eigenvalue weighted by Gasteiger charge is -2.46. The van der Waals surface area contributed by atoms with Gasteiger partial charge in [0.1, 0.15) is 5.75 Å². The fourth-order valence-corrected chi connectivity index (χ4v) is 2.99. The molecule has 2 fully saturated rings. The van der Waals surface area contributed by atoms with Crippen molar-refractivity contribution in [1.29, 1.82) is 0 Å². The lowest BCUT2D eigenvalue weighted by Crippen LogP contribution is -2.60. The number of aromatic hydroxyl groups is 1. The van der Waals surface area contributed by atoms with Crippen LogP contribution in [-0.4, -0.2) is 71.2 Å². The quantitative estimate of drug-likeness (QED) is 0.801. The summed E-state index contributed by atoms with van der Waals surface area (Å²) in [5.41, 5.74) is 0.430. The average molecular weight is 277 g/mol. The van der Waals surface area contributed by atoms with Crippen molar-refractivity contribution < 1.29 is 14.6 Å². The number of pyridine rings is 1. The van der Waals surface area contributed by atoms with Gasteiger partial charge in [0, 0.05) is 25.8 Å². The van der Waals surface area contributed by atoms with Crippen molar-refractivity contribution in [3.63, 3.8) is 0 Å². The molecule has 3 heterocycles. The SMILES string of the molecule is CN1CC[C@@H]2OCCN(C(=O)c3cncc(O)c3)[C@@H]2C1. The zero-order valence-electron chi connectivity index (χ0n) is 11.5. The Kier molecular flexibility index (Phi) is 3.58. The van der Waals surface area contributed by atoms with Gasteiger partial charge in [-0.05, 0) is 19.5 Å². The van der Waals surface area contributed by atoms with Crippen molar-refractivity contribution in [3.8, 4) is 5.75 Å². The van der Waals surface area contributed by atoms with Gasteiger partial charge in [0.2, 0.25) is 0 Å². The van der Waals surface area contributed by atoms with Crippen molar-refractivity contribution in [2.24, 2.45) is 0 Å². The first-order valence-corrected chi connectivity index (χ1v) is 6.90. The van der Waals surface area contributed by atoms with Gasteiger partial charge in [-0.1, -0.05) is 0 Å². The maximum Gasteiger partial charge on any atom is 0.256 e. The summed E-state index contributed by atoms with van der Waals surface area (Å²) in [4.78, 5) is 20.6. The number of aromatic nitrogens is 1. The standard InChI is InChI=1S/C14H19N3O3/c1-16-3-2-13-12(9-16)17(4-5-20-13)14(19)10-6-11(18)8-15-7-10/h6-8,12-13,18H,2-5,9H2,1H3/t12-,13+/m1/s1. The van der Waals surface area contributed by atoms with Crippen LogP contribution < -0.4 is 0 Å². The molecule has 2 aliphatic rings. The van der Waals surface area contributed by atoms with Gasteiger partial charge in [0.25, 0.3) is 5.91 Å². The zero-order chi connectivity index (χ0) is 14.1. The minimum absolute atomic E-state index is 0.0152. The average Bonchev–Trinajstić information content (AvgIpc) is 2.46. The minimum atomic E-state index is -0.0815. The van der Waals surface area contributed by atoms with Crippen LogP contribution in [0, 0.1) is 0 Å². The highest BCUT2D eigenvalue weighted by molar-refractivity contribution is 5.94. The van der Waals surface area contributed by atoms with Crippen LogP contribution in [0.2, 0.25) is 0 Å². The molecule has 3 rings (SSSR count). The molecule has 2 aliphatic heterocycles. The maximum absolute atomic E-state index is 12.6. The van der Waals surface area contributed by atoms with Crippen LogP contribution in [0.25, 0.3) is 0 Å². The fraction of sp³-hybridized carbons (Fsp3) is 0.571. The smallest absolute Gasteiger partial charge is 0.256 e. The van der Waals surface area contributed by atoms with Gasteiger partial charge in [-0.25, -0.2) is 0 Å². The highest BCUT2D eigenvalue weighted by Gasteiger charge is 2.38. The summed E-state index contributed by atoms with van der Waals surface area (Å²) in [6.45, 7) is 2.98. The number of rotatable bonds is 1. The van der Waals surface area contributed by atoms with E-state index < -0.39 is 0 Å². The topological polar surface area (TPSA) is 65.9 Å². The molecule has 2 atom stereocenters. The van der Waals surface area contributed by atoms with E-state index in [1.165, 1.54) is 18.5 Å². The summed E-state index contributed by atoms with van der Waals surface area (Å²) in [7, 11) is 2.06.